The number of carbonyl (C=O) groups is 6. The maximum atomic E-state index is 12.4. The predicted molar refractivity (Wildman–Crippen MR) is 83.9 cm³/mol. The second-order valence-electron chi connectivity index (χ2n) is 5.80. The zero-order valence-electron chi connectivity index (χ0n) is 15.3. The molecule has 176 valence electrons. The summed E-state index contributed by atoms with van der Waals surface area (Å²) in [5, 5.41) is 2.26. The van der Waals surface area contributed by atoms with Gasteiger partial charge in [-0.3, -0.25) is 19.2 Å². The van der Waals surface area contributed by atoms with E-state index in [1.807, 2.05) is 0 Å². The van der Waals surface area contributed by atoms with Gasteiger partial charge in [-0.05, 0) is 12.8 Å². The Morgan fingerprint density at radius 3 is 1.19 bits per heavy atom. The van der Waals surface area contributed by atoms with Crippen molar-refractivity contribution in [2.45, 2.75) is 50.1 Å². The Hall–Kier alpha value is -3.40. The molecule has 0 aliphatic carbocycles. The third kappa shape index (κ3) is 10.8. The van der Waals surface area contributed by atoms with E-state index in [0.717, 1.165) is 10.6 Å². The summed E-state index contributed by atoms with van der Waals surface area (Å²) < 4.78 is 78.4. The summed E-state index contributed by atoms with van der Waals surface area (Å²) in [5.74, 6) is -11.3. The normalized spacial score (nSPS) is 13.5. The van der Waals surface area contributed by atoms with Gasteiger partial charge in [0.15, 0.2) is 0 Å². The maximum absolute atomic E-state index is 12.4. The lowest BCUT2D eigenvalue weighted by Gasteiger charge is -2.20. The van der Waals surface area contributed by atoms with Crippen LogP contribution in [-0.4, -0.2) is 60.0 Å². The van der Waals surface area contributed by atoms with E-state index < -0.39 is 85.7 Å². The van der Waals surface area contributed by atoms with Crippen molar-refractivity contribution in [2.24, 2.45) is 11.5 Å². The van der Waals surface area contributed by atoms with Crippen molar-refractivity contribution < 1.29 is 59.8 Å². The van der Waals surface area contributed by atoms with Crippen LogP contribution in [0.25, 0.3) is 0 Å². The van der Waals surface area contributed by atoms with E-state index in [1.54, 1.807) is 0 Å². The molecule has 0 saturated heterocycles. The fourth-order valence-electron chi connectivity index (χ4n) is 1.79. The molecule has 0 heterocycles. The number of hydrogen-bond donors (Lipinski definition) is 4. The summed E-state index contributed by atoms with van der Waals surface area (Å²) in [5.41, 5.74) is 9.56. The van der Waals surface area contributed by atoms with Gasteiger partial charge in [0.25, 0.3) is 0 Å². The lowest BCUT2D eigenvalue weighted by atomic mass is 10.1. The van der Waals surface area contributed by atoms with Crippen LogP contribution in [-0.2, 0) is 33.5 Å². The molecule has 17 heteroatoms. The molecule has 0 aliphatic rings. The lowest BCUT2D eigenvalue weighted by molar-refractivity contribution is -0.178. The Kier molecular flexibility index (Phi) is 9.90. The van der Waals surface area contributed by atoms with E-state index in [4.69, 9.17) is 11.5 Å². The van der Waals surface area contributed by atoms with Crippen molar-refractivity contribution in [1.29, 1.82) is 0 Å². The summed E-state index contributed by atoms with van der Waals surface area (Å²) in [6.45, 7) is 0. The zero-order valence-corrected chi connectivity index (χ0v) is 15.3. The Morgan fingerprint density at radius 2 is 0.968 bits per heavy atom. The predicted octanol–water partition coefficient (Wildman–Crippen LogP) is -1.32. The Balaban J connectivity index is 5.46. The fourth-order valence-corrected chi connectivity index (χ4v) is 1.79. The number of halogens is 6. The van der Waals surface area contributed by atoms with Gasteiger partial charge in [-0.25, -0.2) is 9.59 Å². The average Bonchev–Trinajstić information content (AvgIpc) is 2.59. The molecule has 2 atom stereocenters. The standard InChI is InChI=1S/C14H16F6N4O7/c15-13(16,17)11(29)23-5(1-3-7(21)25)9(27)31-10(28)6(2-4-8(22)26)24-12(30)14(18,19)20/h5-6H,1-4H2,(H2,21,25)(H2,22,26)(H,23,29)(H,24,30)/t5-,6-/m0/s1. The minimum absolute atomic E-state index is 0.748. The fraction of sp³-hybridized carbons (Fsp3) is 0.571. The first kappa shape index (κ1) is 27.6. The van der Waals surface area contributed by atoms with Crippen molar-refractivity contribution in [3.05, 3.63) is 0 Å². The SMILES string of the molecule is NC(=O)CC[C@H](NC(=O)C(F)(F)F)C(=O)OC(=O)[C@H](CCC(N)=O)NC(=O)C(F)(F)F. The number of amides is 4. The second kappa shape index (κ2) is 11.1. The first-order chi connectivity index (χ1) is 13.9. The van der Waals surface area contributed by atoms with Gasteiger partial charge >= 0.3 is 36.1 Å². The molecule has 0 bridgehead atoms. The van der Waals surface area contributed by atoms with Gasteiger partial charge in [-0.1, -0.05) is 0 Å². The van der Waals surface area contributed by atoms with E-state index in [-0.39, 0.29) is 0 Å². The first-order valence-corrected chi connectivity index (χ1v) is 8.02. The quantitative estimate of drug-likeness (QED) is 0.175. The van der Waals surface area contributed by atoms with E-state index in [2.05, 4.69) is 4.74 Å². The van der Waals surface area contributed by atoms with Gasteiger partial charge in [-0.15, -0.1) is 0 Å². The summed E-state index contributed by atoms with van der Waals surface area (Å²) in [4.78, 5) is 67.4. The highest BCUT2D eigenvalue weighted by Gasteiger charge is 2.43. The topological polar surface area (TPSA) is 188 Å². The summed E-state index contributed by atoms with van der Waals surface area (Å²) in [7, 11) is 0. The Labute approximate surface area is 168 Å². The van der Waals surface area contributed by atoms with Gasteiger partial charge in [0.05, 0.1) is 0 Å². The largest absolute Gasteiger partial charge is 0.471 e. The number of nitrogens with one attached hydrogen (secondary N) is 2. The molecule has 0 unspecified atom stereocenters. The van der Waals surface area contributed by atoms with Crippen LogP contribution in [0.4, 0.5) is 26.3 Å². The van der Waals surface area contributed by atoms with E-state index in [9.17, 15) is 55.1 Å². The molecule has 11 nitrogen and oxygen atoms in total. The van der Waals surface area contributed by atoms with E-state index >= 15 is 0 Å². The number of carbonyl (C=O) groups excluding carboxylic acids is 6. The molecule has 0 aromatic carbocycles. The molecule has 0 saturated carbocycles. The van der Waals surface area contributed by atoms with Crippen molar-refractivity contribution in [1.82, 2.24) is 10.6 Å². The monoisotopic (exact) mass is 466 g/mol. The summed E-state index contributed by atoms with van der Waals surface area (Å²) in [6.07, 6.45) is -14.2. The minimum Gasteiger partial charge on any atom is -0.390 e. The molecule has 31 heavy (non-hydrogen) atoms. The van der Waals surface area contributed by atoms with Gasteiger partial charge in [0.2, 0.25) is 11.8 Å². The maximum Gasteiger partial charge on any atom is 0.471 e. The molecule has 4 amide bonds. The highest BCUT2D eigenvalue weighted by Crippen LogP contribution is 2.17. The van der Waals surface area contributed by atoms with Gasteiger partial charge in [-0.2, -0.15) is 26.3 Å². The van der Waals surface area contributed by atoms with Gasteiger partial charge in [0.1, 0.15) is 12.1 Å². The number of alkyl halides is 6. The van der Waals surface area contributed by atoms with Crippen LogP contribution < -0.4 is 22.1 Å². The molecule has 0 aromatic heterocycles. The molecule has 0 aliphatic heterocycles. The van der Waals surface area contributed by atoms with Crippen LogP contribution >= 0.6 is 0 Å². The van der Waals surface area contributed by atoms with Crippen LogP contribution in [0.15, 0.2) is 0 Å². The summed E-state index contributed by atoms with van der Waals surface area (Å²) in [6, 6.07) is -4.50. The zero-order chi connectivity index (χ0) is 24.6. The van der Waals surface area contributed by atoms with Crippen LogP contribution in [0.3, 0.4) is 0 Å². The average molecular weight is 466 g/mol. The molecule has 6 N–H and O–H groups in total. The second-order valence-corrected chi connectivity index (χ2v) is 5.80. The molecular weight excluding hydrogens is 450 g/mol. The van der Waals surface area contributed by atoms with E-state index in [1.165, 1.54) is 0 Å². The van der Waals surface area contributed by atoms with Crippen molar-refractivity contribution in [3.63, 3.8) is 0 Å². The van der Waals surface area contributed by atoms with Crippen molar-refractivity contribution in [2.75, 3.05) is 0 Å². The minimum atomic E-state index is -5.47. The number of nitrogens with two attached hydrogens (primary N) is 2. The Morgan fingerprint density at radius 1 is 0.677 bits per heavy atom. The molecule has 0 spiro atoms. The van der Waals surface area contributed by atoms with Gasteiger partial charge in [0, 0.05) is 12.8 Å². The first-order valence-electron chi connectivity index (χ1n) is 8.02. The lowest BCUT2D eigenvalue weighted by Crippen LogP contribution is -2.51. The Bertz CT molecular complexity index is 678. The van der Waals surface area contributed by atoms with Crippen molar-refractivity contribution in [3.8, 4) is 0 Å². The smallest absolute Gasteiger partial charge is 0.390 e. The number of esters is 2. The number of rotatable bonds is 10. The number of primary amides is 2. The molecule has 0 rings (SSSR count). The van der Waals surface area contributed by atoms with Crippen LogP contribution in [0.1, 0.15) is 25.7 Å². The number of hydrogen-bond acceptors (Lipinski definition) is 7. The van der Waals surface area contributed by atoms with E-state index in [0.29, 0.717) is 0 Å². The third-order valence-corrected chi connectivity index (χ3v) is 3.25. The van der Waals surface area contributed by atoms with Gasteiger partial charge < -0.3 is 26.8 Å². The molecular formula is C14H16F6N4O7. The van der Waals surface area contributed by atoms with Crippen LogP contribution in [0.5, 0.6) is 0 Å². The molecule has 0 radical (unpaired) electrons. The number of ether oxygens (including phenoxy) is 1. The summed E-state index contributed by atoms with van der Waals surface area (Å²) >= 11 is 0. The van der Waals surface area contributed by atoms with Crippen LogP contribution in [0.2, 0.25) is 0 Å². The van der Waals surface area contributed by atoms with Crippen LogP contribution in [0, 0.1) is 0 Å². The molecule has 0 fully saturated rings. The highest BCUT2D eigenvalue weighted by atomic mass is 19.4. The van der Waals surface area contributed by atoms with Crippen molar-refractivity contribution >= 4 is 35.6 Å². The molecule has 0 aromatic rings. The third-order valence-electron chi connectivity index (χ3n) is 3.25. The highest BCUT2D eigenvalue weighted by molar-refractivity contribution is 5.96.